The van der Waals surface area contributed by atoms with Crippen LogP contribution in [0.4, 0.5) is 0 Å². The van der Waals surface area contributed by atoms with Crippen molar-refractivity contribution in [3.63, 3.8) is 0 Å². The Bertz CT molecular complexity index is 81.3. The van der Waals surface area contributed by atoms with E-state index in [1.807, 2.05) is 0 Å². The van der Waals surface area contributed by atoms with Crippen molar-refractivity contribution in [2.24, 2.45) is 0 Å². The molecule has 0 bridgehead atoms. The van der Waals surface area contributed by atoms with E-state index in [4.69, 9.17) is 23.7 Å². The molecule has 7 heteroatoms. The summed E-state index contributed by atoms with van der Waals surface area (Å²) in [5, 5.41) is 0. The Hall–Kier alpha value is 0.995. The van der Waals surface area contributed by atoms with Crippen LogP contribution in [0, 0.1) is 0 Å². The van der Waals surface area contributed by atoms with Crippen LogP contribution in [0.5, 0.6) is 0 Å². The number of rotatable bonds is 0. The molecule has 1 saturated heterocycles. The summed E-state index contributed by atoms with van der Waals surface area (Å²) < 4.78 is 26.4. The van der Waals surface area contributed by atoms with Gasteiger partial charge >= 0.3 is 37.7 Å². The molecule has 0 saturated carbocycles. The van der Waals surface area contributed by atoms with Gasteiger partial charge in [-0.3, -0.25) is 0 Å². The molecule has 0 atom stereocenters. The second-order valence-electron chi connectivity index (χ2n) is 3.06. The molecular formula is C10H22Li2O5. The third kappa shape index (κ3) is 14.9. The molecule has 17 heavy (non-hydrogen) atoms. The molecule has 1 rings (SSSR count). The van der Waals surface area contributed by atoms with Gasteiger partial charge in [-0.25, -0.2) is 0 Å². The Morgan fingerprint density at radius 2 is 0.412 bits per heavy atom. The van der Waals surface area contributed by atoms with E-state index in [1.54, 1.807) is 0 Å². The molecule has 0 unspecified atom stereocenters. The monoisotopic (exact) mass is 236 g/mol. The Kier molecular flexibility index (Phi) is 20.3. The first-order valence-electron chi connectivity index (χ1n) is 5.39. The predicted molar refractivity (Wildman–Crippen MR) is 68.4 cm³/mol. The van der Waals surface area contributed by atoms with Crippen molar-refractivity contribution in [2.45, 2.75) is 0 Å². The van der Waals surface area contributed by atoms with Crippen molar-refractivity contribution in [1.82, 2.24) is 0 Å². The molecule has 0 aliphatic carbocycles. The first-order chi connectivity index (χ1) is 7.50. The van der Waals surface area contributed by atoms with Gasteiger partial charge in [-0.2, -0.15) is 0 Å². The molecule has 1 aliphatic rings. The number of hydrogen-bond donors (Lipinski definition) is 0. The summed E-state index contributed by atoms with van der Waals surface area (Å²) in [4.78, 5) is 0. The normalized spacial score (nSPS) is 21.2. The molecular weight excluding hydrogens is 214 g/mol. The fourth-order valence-electron chi connectivity index (χ4n) is 1.10. The van der Waals surface area contributed by atoms with Crippen LogP contribution in [0.2, 0.25) is 0 Å². The molecule has 94 valence electrons. The van der Waals surface area contributed by atoms with E-state index in [0.717, 1.165) is 0 Å². The third-order valence-electron chi connectivity index (χ3n) is 1.86. The average molecular weight is 236 g/mol. The van der Waals surface area contributed by atoms with Crippen LogP contribution in [0.3, 0.4) is 0 Å². The quantitative estimate of drug-likeness (QED) is 0.494. The van der Waals surface area contributed by atoms with E-state index in [1.165, 1.54) is 0 Å². The van der Waals surface area contributed by atoms with Crippen LogP contribution in [-0.4, -0.2) is 104 Å². The van der Waals surface area contributed by atoms with Crippen LogP contribution in [0.15, 0.2) is 0 Å². The Labute approximate surface area is 127 Å². The van der Waals surface area contributed by atoms with Gasteiger partial charge < -0.3 is 23.7 Å². The van der Waals surface area contributed by atoms with Crippen LogP contribution >= 0.6 is 0 Å². The molecule has 5 nitrogen and oxygen atoms in total. The van der Waals surface area contributed by atoms with E-state index < -0.39 is 0 Å². The zero-order valence-corrected chi connectivity index (χ0v) is 9.11. The van der Waals surface area contributed by atoms with Crippen molar-refractivity contribution >= 4 is 37.7 Å². The van der Waals surface area contributed by atoms with Gasteiger partial charge in [-0.15, -0.1) is 0 Å². The van der Waals surface area contributed by atoms with Crippen molar-refractivity contribution in [1.29, 1.82) is 0 Å². The topological polar surface area (TPSA) is 46.2 Å². The molecule has 0 aromatic rings. The number of hydrogen-bond acceptors (Lipinski definition) is 5. The summed E-state index contributed by atoms with van der Waals surface area (Å²) in [6.07, 6.45) is 0. The molecule has 0 radical (unpaired) electrons. The van der Waals surface area contributed by atoms with Gasteiger partial charge in [0.1, 0.15) is 0 Å². The molecule has 1 fully saturated rings. The summed E-state index contributed by atoms with van der Waals surface area (Å²) in [6, 6.07) is 0. The van der Waals surface area contributed by atoms with E-state index in [0.29, 0.717) is 66.1 Å². The molecule has 0 amide bonds. The second kappa shape index (κ2) is 17.0. The maximum atomic E-state index is 5.28. The zero-order chi connectivity index (χ0) is 10.6. The standard InChI is InChI=1S/C10H20O5.2Li.2H/c1-2-12-5-6-14-9-10-15-8-7-13-4-3-11-1;;;;/h1-10H2;;;;. The Morgan fingerprint density at radius 3 is 0.529 bits per heavy atom. The van der Waals surface area contributed by atoms with Gasteiger partial charge in [0.05, 0.1) is 66.1 Å². The summed E-state index contributed by atoms with van der Waals surface area (Å²) >= 11 is 0. The van der Waals surface area contributed by atoms with Gasteiger partial charge in [0.25, 0.3) is 0 Å². The van der Waals surface area contributed by atoms with Crippen molar-refractivity contribution in [3.8, 4) is 0 Å². The van der Waals surface area contributed by atoms with Gasteiger partial charge in [-0.05, 0) is 0 Å². The third-order valence-corrected chi connectivity index (χ3v) is 1.86. The van der Waals surface area contributed by atoms with Crippen molar-refractivity contribution in [3.05, 3.63) is 0 Å². The van der Waals surface area contributed by atoms with E-state index in [-0.39, 0.29) is 37.7 Å². The Morgan fingerprint density at radius 1 is 0.294 bits per heavy atom. The summed E-state index contributed by atoms with van der Waals surface area (Å²) in [7, 11) is 0. The van der Waals surface area contributed by atoms with Gasteiger partial charge in [0, 0.05) is 0 Å². The van der Waals surface area contributed by atoms with E-state index in [9.17, 15) is 0 Å². The molecule has 0 aromatic heterocycles. The first-order valence-corrected chi connectivity index (χ1v) is 5.39. The fourth-order valence-corrected chi connectivity index (χ4v) is 1.10. The van der Waals surface area contributed by atoms with Gasteiger partial charge in [-0.1, -0.05) is 0 Å². The van der Waals surface area contributed by atoms with Crippen LogP contribution in [-0.2, 0) is 23.7 Å². The summed E-state index contributed by atoms with van der Waals surface area (Å²) in [6.45, 7) is 6.11. The van der Waals surface area contributed by atoms with Crippen LogP contribution < -0.4 is 0 Å². The minimum absolute atomic E-state index is 0. The average Bonchev–Trinajstić information content (AvgIpc) is 2.27. The molecule has 0 spiro atoms. The minimum atomic E-state index is 0. The maximum absolute atomic E-state index is 5.28. The van der Waals surface area contributed by atoms with E-state index >= 15 is 0 Å². The zero-order valence-electron chi connectivity index (χ0n) is 9.11. The molecule has 1 heterocycles. The predicted octanol–water partition coefficient (Wildman–Crippen LogP) is -1.21. The molecule has 1 aliphatic heterocycles. The van der Waals surface area contributed by atoms with Crippen molar-refractivity contribution < 1.29 is 23.7 Å². The summed E-state index contributed by atoms with van der Waals surface area (Å²) in [5.41, 5.74) is 0. The molecule has 0 aromatic carbocycles. The number of ether oxygens (including phenoxy) is 5. The van der Waals surface area contributed by atoms with E-state index in [2.05, 4.69) is 0 Å². The second-order valence-corrected chi connectivity index (χ2v) is 3.06. The summed E-state index contributed by atoms with van der Waals surface area (Å²) in [5.74, 6) is 0. The first kappa shape index (κ1) is 20.3. The van der Waals surface area contributed by atoms with Crippen molar-refractivity contribution in [2.75, 3.05) is 66.1 Å². The SMILES string of the molecule is C1COCCOCCOCCOCCO1.[LiH].[LiH]. The van der Waals surface area contributed by atoms with Crippen LogP contribution in [0.1, 0.15) is 0 Å². The van der Waals surface area contributed by atoms with Crippen LogP contribution in [0.25, 0.3) is 0 Å². The van der Waals surface area contributed by atoms with Gasteiger partial charge in [0.2, 0.25) is 0 Å². The van der Waals surface area contributed by atoms with Gasteiger partial charge in [0.15, 0.2) is 0 Å². The Balaban J connectivity index is 0. The molecule has 0 N–H and O–H groups in total. The fraction of sp³-hybridized carbons (Fsp3) is 1.00.